The molecule has 4 rings (SSSR count). The molecular formula is C22H30FN3O2. The van der Waals surface area contributed by atoms with Crippen LogP contribution in [0.2, 0.25) is 0 Å². The van der Waals surface area contributed by atoms with Crippen LogP contribution in [0.3, 0.4) is 0 Å². The zero-order chi connectivity index (χ0) is 19.5. The molecule has 2 saturated heterocycles. The molecule has 5 nitrogen and oxygen atoms in total. The summed E-state index contributed by atoms with van der Waals surface area (Å²) in [7, 11) is 0. The number of amides is 2. The van der Waals surface area contributed by atoms with Gasteiger partial charge in [0, 0.05) is 45.2 Å². The van der Waals surface area contributed by atoms with Crippen LogP contribution < -0.4 is 0 Å². The molecular weight excluding hydrogens is 357 g/mol. The third-order valence-corrected chi connectivity index (χ3v) is 6.41. The first-order valence-corrected chi connectivity index (χ1v) is 10.7. The van der Waals surface area contributed by atoms with Crippen LogP contribution in [0, 0.1) is 11.7 Å². The van der Waals surface area contributed by atoms with Crippen molar-refractivity contribution >= 4 is 11.8 Å². The lowest BCUT2D eigenvalue weighted by Gasteiger charge is -2.35. The highest BCUT2D eigenvalue weighted by molar-refractivity contribution is 5.83. The van der Waals surface area contributed by atoms with Gasteiger partial charge >= 0.3 is 0 Å². The fourth-order valence-electron chi connectivity index (χ4n) is 4.56. The maximum atomic E-state index is 13.9. The number of benzene rings is 1. The van der Waals surface area contributed by atoms with E-state index in [0.29, 0.717) is 25.2 Å². The Balaban J connectivity index is 1.24. The standard InChI is InChI=1S/C22H30FN3O2/c23-20-8-4-3-7-17(20)18-15-19(18)22(28)26-13-11-24(12-14-26)16-21(27)25-9-5-1-2-6-10-25/h3-4,7-8,18-19H,1-2,5-6,9-16H2. The molecule has 0 aromatic heterocycles. The van der Waals surface area contributed by atoms with E-state index in [1.807, 2.05) is 15.9 Å². The van der Waals surface area contributed by atoms with Gasteiger partial charge in [-0.05, 0) is 36.8 Å². The Labute approximate surface area is 166 Å². The van der Waals surface area contributed by atoms with Gasteiger partial charge in [0.15, 0.2) is 0 Å². The Kier molecular flexibility index (Phi) is 5.95. The van der Waals surface area contributed by atoms with Crippen molar-refractivity contribution in [3.63, 3.8) is 0 Å². The molecule has 0 bridgehead atoms. The van der Waals surface area contributed by atoms with E-state index in [1.165, 1.54) is 18.9 Å². The van der Waals surface area contributed by atoms with Gasteiger partial charge in [-0.25, -0.2) is 4.39 Å². The van der Waals surface area contributed by atoms with Crippen molar-refractivity contribution in [1.82, 2.24) is 14.7 Å². The van der Waals surface area contributed by atoms with E-state index >= 15 is 0 Å². The second-order valence-electron chi connectivity index (χ2n) is 8.37. The minimum atomic E-state index is -0.209. The zero-order valence-electron chi connectivity index (χ0n) is 16.5. The van der Waals surface area contributed by atoms with E-state index in [9.17, 15) is 14.0 Å². The third-order valence-electron chi connectivity index (χ3n) is 6.41. The summed E-state index contributed by atoms with van der Waals surface area (Å²) in [4.78, 5) is 31.4. The number of halogens is 1. The molecule has 1 aliphatic carbocycles. The Morgan fingerprint density at radius 2 is 1.57 bits per heavy atom. The highest BCUT2D eigenvalue weighted by Gasteiger charge is 2.47. The topological polar surface area (TPSA) is 43.9 Å². The van der Waals surface area contributed by atoms with Crippen LogP contribution in [-0.2, 0) is 9.59 Å². The Bertz CT molecular complexity index is 709. The second-order valence-corrected chi connectivity index (χ2v) is 8.37. The first kappa shape index (κ1) is 19.4. The van der Waals surface area contributed by atoms with Crippen LogP contribution in [0.15, 0.2) is 24.3 Å². The number of hydrogen-bond acceptors (Lipinski definition) is 3. The molecule has 0 N–H and O–H groups in total. The molecule has 6 heteroatoms. The van der Waals surface area contributed by atoms with Crippen molar-refractivity contribution in [2.75, 3.05) is 45.8 Å². The lowest BCUT2D eigenvalue weighted by molar-refractivity contribution is -0.136. The monoisotopic (exact) mass is 387 g/mol. The minimum absolute atomic E-state index is 0.0244. The number of likely N-dealkylation sites (tertiary alicyclic amines) is 1. The summed E-state index contributed by atoms with van der Waals surface area (Å²) in [5, 5.41) is 0. The van der Waals surface area contributed by atoms with Crippen molar-refractivity contribution in [3.05, 3.63) is 35.6 Å². The number of carbonyl (C=O) groups excluding carboxylic acids is 2. The SMILES string of the molecule is O=C(CN1CCN(C(=O)C2CC2c2ccccc2F)CC1)N1CCCCCC1. The van der Waals surface area contributed by atoms with Crippen LogP contribution in [0.5, 0.6) is 0 Å². The second kappa shape index (κ2) is 8.60. The molecule has 28 heavy (non-hydrogen) atoms. The molecule has 2 atom stereocenters. The maximum absolute atomic E-state index is 13.9. The molecule has 1 saturated carbocycles. The summed E-state index contributed by atoms with van der Waals surface area (Å²) < 4.78 is 13.9. The molecule has 3 fully saturated rings. The Hall–Kier alpha value is -1.95. The number of carbonyl (C=O) groups is 2. The van der Waals surface area contributed by atoms with E-state index in [0.717, 1.165) is 45.4 Å². The van der Waals surface area contributed by atoms with Crippen LogP contribution in [0.4, 0.5) is 4.39 Å². The lowest BCUT2D eigenvalue weighted by atomic mass is 10.1. The third kappa shape index (κ3) is 4.37. The van der Waals surface area contributed by atoms with Crippen molar-refractivity contribution < 1.29 is 14.0 Å². The van der Waals surface area contributed by atoms with E-state index in [4.69, 9.17) is 0 Å². The van der Waals surface area contributed by atoms with Crippen molar-refractivity contribution in [3.8, 4) is 0 Å². The summed E-state index contributed by atoms with van der Waals surface area (Å²) in [6.45, 7) is 5.03. The predicted octanol–water partition coefficient (Wildman–Crippen LogP) is 2.48. The summed E-state index contributed by atoms with van der Waals surface area (Å²) in [5.41, 5.74) is 0.669. The molecule has 2 unspecified atom stereocenters. The average Bonchev–Trinajstić information content (AvgIpc) is 3.52. The van der Waals surface area contributed by atoms with Gasteiger partial charge in [0.1, 0.15) is 5.82 Å². The van der Waals surface area contributed by atoms with Crippen LogP contribution in [0.1, 0.15) is 43.6 Å². The average molecular weight is 387 g/mol. The first-order chi connectivity index (χ1) is 13.6. The minimum Gasteiger partial charge on any atom is -0.342 e. The quantitative estimate of drug-likeness (QED) is 0.797. The molecule has 0 radical (unpaired) electrons. The van der Waals surface area contributed by atoms with Crippen molar-refractivity contribution in [2.24, 2.45) is 5.92 Å². The highest BCUT2D eigenvalue weighted by atomic mass is 19.1. The molecule has 0 spiro atoms. The molecule has 2 heterocycles. The van der Waals surface area contributed by atoms with Gasteiger partial charge in [-0.3, -0.25) is 14.5 Å². The lowest BCUT2D eigenvalue weighted by Crippen LogP contribution is -2.52. The Morgan fingerprint density at radius 3 is 2.25 bits per heavy atom. The smallest absolute Gasteiger partial charge is 0.236 e. The fourth-order valence-corrected chi connectivity index (χ4v) is 4.56. The van der Waals surface area contributed by atoms with Crippen LogP contribution >= 0.6 is 0 Å². The molecule has 2 amide bonds. The Morgan fingerprint density at radius 1 is 0.893 bits per heavy atom. The van der Waals surface area contributed by atoms with Crippen molar-refractivity contribution in [2.45, 2.75) is 38.0 Å². The van der Waals surface area contributed by atoms with E-state index < -0.39 is 0 Å². The first-order valence-electron chi connectivity index (χ1n) is 10.7. The number of rotatable bonds is 4. The summed E-state index contributed by atoms with van der Waals surface area (Å²) in [6, 6.07) is 6.78. The number of nitrogens with zero attached hydrogens (tertiary/aromatic N) is 3. The maximum Gasteiger partial charge on any atom is 0.236 e. The van der Waals surface area contributed by atoms with Gasteiger partial charge in [0.05, 0.1) is 6.54 Å². The van der Waals surface area contributed by atoms with E-state index in [-0.39, 0.29) is 29.5 Å². The highest BCUT2D eigenvalue weighted by Crippen LogP contribution is 2.49. The molecule has 3 aliphatic rings. The number of piperazine rings is 1. The fraction of sp³-hybridized carbons (Fsp3) is 0.636. The van der Waals surface area contributed by atoms with Crippen LogP contribution in [0.25, 0.3) is 0 Å². The van der Waals surface area contributed by atoms with Gasteiger partial charge in [-0.2, -0.15) is 0 Å². The predicted molar refractivity (Wildman–Crippen MR) is 105 cm³/mol. The molecule has 2 aliphatic heterocycles. The largest absolute Gasteiger partial charge is 0.342 e. The van der Waals surface area contributed by atoms with E-state index in [1.54, 1.807) is 12.1 Å². The van der Waals surface area contributed by atoms with Crippen molar-refractivity contribution in [1.29, 1.82) is 0 Å². The molecule has 152 valence electrons. The normalized spacial score (nSPS) is 26.0. The summed E-state index contributed by atoms with van der Waals surface area (Å²) >= 11 is 0. The number of hydrogen-bond donors (Lipinski definition) is 0. The van der Waals surface area contributed by atoms with Gasteiger partial charge < -0.3 is 9.80 Å². The van der Waals surface area contributed by atoms with Gasteiger partial charge in [-0.1, -0.05) is 31.0 Å². The van der Waals surface area contributed by atoms with Gasteiger partial charge in [0.2, 0.25) is 11.8 Å². The summed E-state index contributed by atoms with van der Waals surface area (Å²) in [6.07, 6.45) is 5.41. The van der Waals surface area contributed by atoms with Gasteiger partial charge in [0.25, 0.3) is 0 Å². The molecule has 1 aromatic rings. The zero-order valence-corrected chi connectivity index (χ0v) is 16.5. The van der Waals surface area contributed by atoms with Crippen LogP contribution in [-0.4, -0.2) is 72.3 Å². The van der Waals surface area contributed by atoms with Gasteiger partial charge in [-0.15, -0.1) is 0 Å². The summed E-state index contributed by atoms with van der Waals surface area (Å²) in [5.74, 6) is 0.105. The molecule has 1 aromatic carbocycles. The van der Waals surface area contributed by atoms with E-state index in [2.05, 4.69) is 4.90 Å².